The zero-order valence-corrected chi connectivity index (χ0v) is 11.3. The van der Waals surface area contributed by atoms with Crippen molar-refractivity contribution in [1.29, 1.82) is 0 Å². The zero-order chi connectivity index (χ0) is 13.9. The normalized spacial score (nSPS) is 12.4. The van der Waals surface area contributed by atoms with E-state index in [9.17, 15) is 9.59 Å². The van der Waals surface area contributed by atoms with Crippen molar-refractivity contribution in [2.24, 2.45) is 0 Å². The number of methoxy groups -OCH3 is 1. The topological polar surface area (TPSA) is 56.5 Å². The predicted octanol–water partition coefficient (Wildman–Crippen LogP) is 1.62. The third kappa shape index (κ3) is 3.30. The van der Waals surface area contributed by atoms with E-state index in [-0.39, 0.29) is 11.4 Å². The smallest absolute Gasteiger partial charge is 0.341 e. The Labute approximate surface area is 106 Å². The number of rotatable bonds is 4. The summed E-state index contributed by atoms with van der Waals surface area (Å²) in [5, 5.41) is 0. The van der Waals surface area contributed by atoms with Crippen molar-refractivity contribution in [3.8, 4) is 0 Å². The SMILES string of the molecule is COC(=O)/C(=C/c1ccc([N+](C)(C)C)o1)C(C)=O. The first-order valence-corrected chi connectivity index (χ1v) is 5.48. The van der Waals surface area contributed by atoms with Crippen LogP contribution >= 0.6 is 0 Å². The maximum atomic E-state index is 11.4. The number of ether oxygens (including phenoxy) is 1. The molecule has 0 atom stereocenters. The third-order valence-electron chi connectivity index (χ3n) is 2.34. The van der Waals surface area contributed by atoms with E-state index < -0.39 is 5.97 Å². The molecule has 1 heterocycles. The lowest BCUT2D eigenvalue weighted by Crippen LogP contribution is -2.34. The molecule has 0 unspecified atom stereocenters. The Kier molecular flexibility index (Phi) is 4.08. The average molecular weight is 252 g/mol. The molecule has 0 aromatic carbocycles. The fourth-order valence-corrected chi connectivity index (χ4v) is 1.34. The van der Waals surface area contributed by atoms with Crippen molar-refractivity contribution in [2.45, 2.75) is 6.92 Å². The van der Waals surface area contributed by atoms with E-state index in [2.05, 4.69) is 4.74 Å². The largest absolute Gasteiger partial charge is 0.465 e. The highest BCUT2D eigenvalue weighted by Gasteiger charge is 2.19. The van der Waals surface area contributed by atoms with Gasteiger partial charge in [-0.1, -0.05) is 0 Å². The zero-order valence-electron chi connectivity index (χ0n) is 11.3. The van der Waals surface area contributed by atoms with E-state index in [1.807, 2.05) is 21.1 Å². The Hall–Kier alpha value is -1.88. The maximum absolute atomic E-state index is 11.4. The Morgan fingerprint density at radius 1 is 1.28 bits per heavy atom. The second-order valence-corrected chi connectivity index (χ2v) is 4.79. The van der Waals surface area contributed by atoms with Gasteiger partial charge in [-0.3, -0.25) is 9.28 Å². The van der Waals surface area contributed by atoms with E-state index in [0.29, 0.717) is 10.2 Å². The van der Waals surface area contributed by atoms with Crippen LogP contribution in [0.4, 0.5) is 5.88 Å². The molecule has 0 aliphatic carbocycles. The van der Waals surface area contributed by atoms with Crippen LogP contribution in [0, 0.1) is 0 Å². The minimum atomic E-state index is -0.661. The number of furan rings is 1. The van der Waals surface area contributed by atoms with Gasteiger partial charge in [0.15, 0.2) is 5.78 Å². The van der Waals surface area contributed by atoms with E-state index in [1.54, 1.807) is 12.1 Å². The van der Waals surface area contributed by atoms with Gasteiger partial charge < -0.3 is 9.15 Å². The first-order valence-electron chi connectivity index (χ1n) is 5.48. The van der Waals surface area contributed by atoms with E-state index in [0.717, 1.165) is 5.88 Å². The van der Waals surface area contributed by atoms with Crippen LogP contribution < -0.4 is 4.48 Å². The van der Waals surface area contributed by atoms with Crippen LogP contribution in [0.1, 0.15) is 12.7 Å². The number of hydrogen-bond donors (Lipinski definition) is 0. The quantitative estimate of drug-likeness (QED) is 0.269. The molecule has 5 heteroatoms. The molecular weight excluding hydrogens is 234 g/mol. The number of Topliss-reactive ketones (excluding diaryl/α,β-unsaturated/α-hetero) is 1. The molecule has 98 valence electrons. The molecule has 0 N–H and O–H groups in total. The van der Waals surface area contributed by atoms with Crippen molar-refractivity contribution >= 4 is 23.7 Å². The fourth-order valence-electron chi connectivity index (χ4n) is 1.34. The van der Waals surface area contributed by atoms with Crippen LogP contribution in [0.25, 0.3) is 6.08 Å². The van der Waals surface area contributed by atoms with Gasteiger partial charge in [-0.15, -0.1) is 0 Å². The molecule has 0 spiro atoms. The highest BCUT2D eigenvalue weighted by atomic mass is 16.5. The van der Waals surface area contributed by atoms with E-state index in [1.165, 1.54) is 20.1 Å². The van der Waals surface area contributed by atoms with Crippen LogP contribution in [-0.4, -0.2) is 40.0 Å². The van der Waals surface area contributed by atoms with Gasteiger partial charge >= 0.3 is 5.97 Å². The maximum Gasteiger partial charge on any atom is 0.341 e. The summed E-state index contributed by atoms with van der Waals surface area (Å²) in [5.74, 6) is 0.165. The van der Waals surface area contributed by atoms with Crippen molar-refractivity contribution in [3.05, 3.63) is 23.5 Å². The van der Waals surface area contributed by atoms with Crippen molar-refractivity contribution in [1.82, 2.24) is 4.48 Å². The van der Waals surface area contributed by atoms with Crippen molar-refractivity contribution in [2.75, 3.05) is 28.3 Å². The van der Waals surface area contributed by atoms with E-state index in [4.69, 9.17) is 4.42 Å². The molecule has 1 rings (SSSR count). The number of hydrogen-bond acceptors (Lipinski definition) is 4. The molecule has 0 saturated heterocycles. The van der Waals surface area contributed by atoms with Gasteiger partial charge in [0.1, 0.15) is 11.3 Å². The Morgan fingerprint density at radius 2 is 1.89 bits per heavy atom. The molecule has 5 nitrogen and oxygen atoms in total. The van der Waals surface area contributed by atoms with Crippen molar-refractivity contribution < 1.29 is 18.7 Å². The molecule has 0 radical (unpaired) electrons. The molecular formula is C13H18NO4+. The number of ketones is 1. The summed E-state index contributed by atoms with van der Waals surface area (Å²) < 4.78 is 10.6. The average Bonchev–Trinajstić information content (AvgIpc) is 2.72. The van der Waals surface area contributed by atoms with Gasteiger partial charge in [0.2, 0.25) is 0 Å². The van der Waals surface area contributed by atoms with Gasteiger partial charge in [0, 0.05) is 6.07 Å². The number of nitrogens with zero attached hydrogens (tertiary/aromatic N) is 1. The molecule has 0 aliphatic rings. The number of carbonyl (C=O) groups excluding carboxylic acids is 2. The molecule has 1 aromatic heterocycles. The number of esters is 1. The lowest BCUT2D eigenvalue weighted by Gasteiger charge is -2.18. The highest BCUT2D eigenvalue weighted by molar-refractivity contribution is 6.19. The van der Waals surface area contributed by atoms with Crippen molar-refractivity contribution in [3.63, 3.8) is 0 Å². The summed E-state index contributed by atoms with van der Waals surface area (Å²) in [6.45, 7) is 1.31. The first kappa shape index (κ1) is 14.2. The molecule has 18 heavy (non-hydrogen) atoms. The van der Waals surface area contributed by atoms with Gasteiger partial charge in [-0.2, -0.15) is 0 Å². The second-order valence-electron chi connectivity index (χ2n) is 4.79. The lowest BCUT2D eigenvalue weighted by molar-refractivity contribution is -0.137. The van der Waals surface area contributed by atoms with Gasteiger partial charge in [0.05, 0.1) is 28.3 Å². The monoisotopic (exact) mass is 252 g/mol. The van der Waals surface area contributed by atoms with E-state index >= 15 is 0 Å². The molecule has 0 saturated carbocycles. The van der Waals surface area contributed by atoms with Crippen LogP contribution in [0.5, 0.6) is 0 Å². The number of carbonyl (C=O) groups is 2. The summed E-state index contributed by atoms with van der Waals surface area (Å²) >= 11 is 0. The number of quaternary nitrogens is 1. The predicted molar refractivity (Wildman–Crippen MR) is 68.9 cm³/mol. The van der Waals surface area contributed by atoms with Crippen LogP contribution in [0.2, 0.25) is 0 Å². The molecule has 0 amide bonds. The molecule has 0 aliphatic heterocycles. The summed E-state index contributed by atoms with van der Waals surface area (Å²) in [7, 11) is 7.11. The van der Waals surface area contributed by atoms with Crippen LogP contribution in [0.3, 0.4) is 0 Å². The summed E-state index contributed by atoms with van der Waals surface area (Å²) in [6, 6.07) is 3.52. The Balaban J connectivity index is 3.10. The Morgan fingerprint density at radius 3 is 2.28 bits per heavy atom. The standard InChI is InChI=1S/C13H18NO4/c1-9(15)11(13(16)17-5)8-10-6-7-12(18-10)14(2,3)4/h6-8H,1-5H3/q+1/b11-8+. The Bertz CT molecular complexity index is 491. The molecule has 0 fully saturated rings. The van der Waals surface area contributed by atoms with Gasteiger partial charge in [-0.25, -0.2) is 4.79 Å². The summed E-state index contributed by atoms with van der Waals surface area (Å²) in [6.07, 6.45) is 1.40. The lowest BCUT2D eigenvalue weighted by atomic mass is 10.1. The van der Waals surface area contributed by atoms with Crippen LogP contribution in [-0.2, 0) is 14.3 Å². The van der Waals surface area contributed by atoms with Crippen LogP contribution in [0.15, 0.2) is 22.1 Å². The minimum absolute atomic E-state index is 0.0280. The molecule has 0 bridgehead atoms. The second kappa shape index (κ2) is 5.18. The molecule has 1 aromatic rings. The fraction of sp³-hybridized carbons (Fsp3) is 0.385. The van der Waals surface area contributed by atoms with Gasteiger partial charge in [-0.05, 0) is 19.1 Å². The van der Waals surface area contributed by atoms with Gasteiger partial charge in [0.25, 0.3) is 5.88 Å². The summed E-state index contributed by atoms with van der Waals surface area (Å²) in [5.41, 5.74) is -0.0280. The third-order valence-corrected chi connectivity index (χ3v) is 2.34. The minimum Gasteiger partial charge on any atom is -0.465 e. The first-order chi connectivity index (χ1) is 8.25. The highest BCUT2D eigenvalue weighted by Crippen LogP contribution is 2.22. The summed E-state index contributed by atoms with van der Waals surface area (Å²) in [4.78, 5) is 22.7.